The molecular weight excluding hydrogens is 234 g/mol. The molecule has 2 N–H and O–H groups in total. The topological polar surface area (TPSA) is 49.3 Å². The summed E-state index contributed by atoms with van der Waals surface area (Å²) in [5, 5.41) is 14.3. The largest absolute Gasteiger partial charge is 0.393 e. The predicted molar refractivity (Wildman–Crippen MR) is 62.6 cm³/mol. The van der Waals surface area contributed by atoms with Crippen molar-refractivity contribution in [2.75, 3.05) is 6.54 Å². The van der Waals surface area contributed by atoms with Crippen molar-refractivity contribution in [1.82, 2.24) is 5.32 Å². The standard InChI is InChI=1S/C10H14ClNO2S/c1-2-7(13)3-5-12-10(14)9-8(11)4-6-15-9/h4,6-7,13H,2-3,5H2,1H3,(H,12,14). The van der Waals surface area contributed by atoms with Crippen LogP contribution in [0.1, 0.15) is 29.4 Å². The smallest absolute Gasteiger partial charge is 0.262 e. The van der Waals surface area contributed by atoms with E-state index in [1.807, 2.05) is 6.92 Å². The number of thiophene rings is 1. The summed E-state index contributed by atoms with van der Waals surface area (Å²) in [4.78, 5) is 12.1. The molecule has 1 aromatic heterocycles. The summed E-state index contributed by atoms with van der Waals surface area (Å²) in [5.74, 6) is -0.168. The fourth-order valence-corrected chi connectivity index (χ4v) is 2.15. The van der Waals surface area contributed by atoms with Crippen LogP contribution in [0.5, 0.6) is 0 Å². The van der Waals surface area contributed by atoms with E-state index in [1.165, 1.54) is 11.3 Å². The number of hydrogen-bond acceptors (Lipinski definition) is 3. The lowest BCUT2D eigenvalue weighted by Crippen LogP contribution is -2.26. The van der Waals surface area contributed by atoms with Crippen LogP contribution < -0.4 is 5.32 Å². The molecule has 5 heteroatoms. The second-order valence-electron chi connectivity index (χ2n) is 3.20. The van der Waals surface area contributed by atoms with Gasteiger partial charge in [0.1, 0.15) is 4.88 Å². The molecule has 1 rings (SSSR count). The van der Waals surface area contributed by atoms with Crippen LogP contribution in [-0.2, 0) is 0 Å². The molecular formula is C10H14ClNO2S. The Labute approximate surface area is 98.1 Å². The zero-order valence-electron chi connectivity index (χ0n) is 8.50. The molecule has 1 atom stereocenters. The number of aliphatic hydroxyl groups is 1. The molecule has 0 aliphatic rings. The maximum atomic E-state index is 11.5. The first kappa shape index (κ1) is 12.5. The van der Waals surface area contributed by atoms with Gasteiger partial charge in [-0.3, -0.25) is 4.79 Å². The van der Waals surface area contributed by atoms with Crippen LogP contribution in [0.15, 0.2) is 11.4 Å². The minimum absolute atomic E-state index is 0.168. The van der Waals surface area contributed by atoms with Gasteiger partial charge in [0.15, 0.2) is 0 Å². The zero-order valence-corrected chi connectivity index (χ0v) is 10.1. The summed E-state index contributed by atoms with van der Waals surface area (Å²) < 4.78 is 0. The SMILES string of the molecule is CCC(O)CCNC(=O)c1sccc1Cl. The van der Waals surface area contributed by atoms with Gasteiger partial charge in [-0.05, 0) is 24.3 Å². The van der Waals surface area contributed by atoms with Crippen molar-refractivity contribution >= 4 is 28.8 Å². The third kappa shape index (κ3) is 3.81. The molecule has 0 saturated heterocycles. The first-order valence-corrected chi connectivity index (χ1v) is 6.10. The van der Waals surface area contributed by atoms with Crippen LogP contribution in [0, 0.1) is 0 Å². The number of rotatable bonds is 5. The molecule has 0 spiro atoms. The quantitative estimate of drug-likeness (QED) is 0.839. The van der Waals surface area contributed by atoms with Gasteiger partial charge in [-0.1, -0.05) is 18.5 Å². The van der Waals surface area contributed by atoms with Gasteiger partial charge in [0.05, 0.1) is 11.1 Å². The van der Waals surface area contributed by atoms with Crippen LogP contribution in [0.3, 0.4) is 0 Å². The van der Waals surface area contributed by atoms with Crippen molar-refractivity contribution in [1.29, 1.82) is 0 Å². The Hall–Kier alpha value is -0.580. The minimum atomic E-state index is -0.343. The van der Waals surface area contributed by atoms with Crippen molar-refractivity contribution in [2.24, 2.45) is 0 Å². The molecule has 1 unspecified atom stereocenters. The molecule has 1 amide bonds. The molecule has 0 radical (unpaired) electrons. The van der Waals surface area contributed by atoms with Crippen molar-refractivity contribution in [3.8, 4) is 0 Å². The highest BCUT2D eigenvalue weighted by atomic mass is 35.5. The Morgan fingerprint density at radius 2 is 2.47 bits per heavy atom. The Morgan fingerprint density at radius 1 is 1.73 bits per heavy atom. The number of carbonyl (C=O) groups is 1. The van der Waals surface area contributed by atoms with Crippen LogP contribution >= 0.6 is 22.9 Å². The molecule has 0 aromatic carbocycles. The highest BCUT2D eigenvalue weighted by molar-refractivity contribution is 7.12. The average molecular weight is 248 g/mol. The first-order valence-electron chi connectivity index (χ1n) is 4.84. The Morgan fingerprint density at radius 3 is 3.00 bits per heavy atom. The lowest BCUT2D eigenvalue weighted by atomic mass is 10.2. The van der Waals surface area contributed by atoms with Crippen molar-refractivity contribution in [3.05, 3.63) is 21.3 Å². The maximum Gasteiger partial charge on any atom is 0.262 e. The van der Waals surface area contributed by atoms with Gasteiger partial charge < -0.3 is 10.4 Å². The van der Waals surface area contributed by atoms with E-state index in [0.29, 0.717) is 29.3 Å². The van der Waals surface area contributed by atoms with E-state index in [-0.39, 0.29) is 12.0 Å². The van der Waals surface area contributed by atoms with Gasteiger partial charge >= 0.3 is 0 Å². The Kier molecular flexibility index (Phi) is 5.08. The number of aliphatic hydroxyl groups excluding tert-OH is 1. The van der Waals surface area contributed by atoms with E-state index in [9.17, 15) is 9.90 Å². The van der Waals surface area contributed by atoms with E-state index in [1.54, 1.807) is 11.4 Å². The summed E-state index contributed by atoms with van der Waals surface area (Å²) in [6, 6.07) is 1.70. The third-order valence-electron chi connectivity index (χ3n) is 2.06. The summed E-state index contributed by atoms with van der Waals surface area (Å²) in [5.41, 5.74) is 0. The first-order chi connectivity index (χ1) is 7.15. The Bertz CT molecular complexity index is 327. The lowest BCUT2D eigenvalue weighted by molar-refractivity contribution is 0.0946. The summed E-state index contributed by atoms with van der Waals surface area (Å²) in [6.07, 6.45) is 0.935. The molecule has 0 aliphatic heterocycles. The van der Waals surface area contributed by atoms with Crippen LogP contribution in [-0.4, -0.2) is 23.7 Å². The maximum absolute atomic E-state index is 11.5. The number of amides is 1. The van der Waals surface area contributed by atoms with Gasteiger partial charge in [0, 0.05) is 6.54 Å². The summed E-state index contributed by atoms with van der Waals surface area (Å²) in [6.45, 7) is 2.38. The highest BCUT2D eigenvalue weighted by Crippen LogP contribution is 2.21. The average Bonchev–Trinajstić information content (AvgIpc) is 2.64. The lowest BCUT2D eigenvalue weighted by Gasteiger charge is -2.08. The zero-order chi connectivity index (χ0) is 11.3. The second-order valence-corrected chi connectivity index (χ2v) is 4.53. The van der Waals surface area contributed by atoms with E-state index in [2.05, 4.69) is 5.32 Å². The second kappa shape index (κ2) is 6.10. The number of hydrogen-bond donors (Lipinski definition) is 2. The molecule has 0 fully saturated rings. The number of nitrogens with one attached hydrogen (secondary N) is 1. The third-order valence-corrected chi connectivity index (χ3v) is 3.40. The van der Waals surface area contributed by atoms with Crippen LogP contribution in [0.4, 0.5) is 0 Å². The van der Waals surface area contributed by atoms with Gasteiger partial charge in [0.2, 0.25) is 0 Å². The number of halogens is 1. The molecule has 0 bridgehead atoms. The fraction of sp³-hybridized carbons (Fsp3) is 0.500. The summed E-state index contributed by atoms with van der Waals surface area (Å²) >= 11 is 7.12. The van der Waals surface area contributed by atoms with E-state index in [0.717, 1.165) is 0 Å². The molecule has 0 saturated carbocycles. The minimum Gasteiger partial charge on any atom is -0.393 e. The van der Waals surface area contributed by atoms with Gasteiger partial charge in [-0.25, -0.2) is 0 Å². The normalized spacial score (nSPS) is 12.5. The molecule has 15 heavy (non-hydrogen) atoms. The molecule has 1 heterocycles. The van der Waals surface area contributed by atoms with Crippen molar-refractivity contribution < 1.29 is 9.90 Å². The van der Waals surface area contributed by atoms with Crippen molar-refractivity contribution in [3.63, 3.8) is 0 Å². The van der Waals surface area contributed by atoms with Gasteiger partial charge in [-0.15, -0.1) is 11.3 Å². The highest BCUT2D eigenvalue weighted by Gasteiger charge is 2.11. The van der Waals surface area contributed by atoms with E-state index >= 15 is 0 Å². The van der Waals surface area contributed by atoms with Crippen molar-refractivity contribution in [2.45, 2.75) is 25.9 Å². The monoisotopic (exact) mass is 247 g/mol. The van der Waals surface area contributed by atoms with E-state index in [4.69, 9.17) is 11.6 Å². The predicted octanol–water partition coefficient (Wildman–Crippen LogP) is 2.29. The molecule has 3 nitrogen and oxygen atoms in total. The molecule has 0 aliphatic carbocycles. The number of carbonyl (C=O) groups excluding carboxylic acids is 1. The van der Waals surface area contributed by atoms with Gasteiger partial charge in [-0.2, -0.15) is 0 Å². The molecule has 1 aromatic rings. The summed E-state index contributed by atoms with van der Waals surface area (Å²) in [7, 11) is 0. The Balaban J connectivity index is 2.34. The van der Waals surface area contributed by atoms with E-state index < -0.39 is 0 Å². The van der Waals surface area contributed by atoms with Crippen LogP contribution in [0.2, 0.25) is 5.02 Å². The fourth-order valence-electron chi connectivity index (χ4n) is 1.09. The van der Waals surface area contributed by atoms with Gasteiger partial charge in [0.25, 0.3) is 5.91 Å². The molecule has 84 valence electrons. The van der Waals surface area contributed by atoms with Crippen LogP contribution in [0.25, 0.3) is 0 Å².